The Morgan fingerprint density at radius 3 is 2.48 bits per heavy atom. The van der Waals surface area contributed by atoms with Crippen LogP contribution in [-0.2, 0) is 22.6 Å². The van der Waals surface area contributed by atoms with Crippen LogP contribution in [-0.4, -0.2) is 31.8 Å². The Bertz CT molecular complexity index is 792. The second kappa shape index (κ2) is 9.75. The molecule has 146 valence electrons. The molecule has 0 fully saturated rings. The molecule has 1 aromatic heterocycles. The fourth-order valence-corrected chi connectivity index (χ4v) is 3.37. The second-order valence-corrected chi connectivity index (χ2v) is 8.37. The molecule has 0 saturated heterocycles. The van der Waals surface area contributed by atoms with Crippen LogP contribution in [0.25, 0.3) is 0 Å². The van der Waals surface area contributed by atoms with E-state index in [2.05, 4.69) is 29.4 Å². The first-order valence-electron chi connectivity index (χ1n) is 8.69. The van der Waals surface area contributed by atoms with Crippen LogP contribution in [0.2, 0.25) is 5.02 Å². The molecule has 7 nitrogen and oxygen atoms in total. The van der Waals surface area contributed by atoms with Crippen molar-refractivity contribution >= 4 is 40.9 Å². The van der Waals surface area contributed by atoms with Crippen LogP contribution in [0.3, 0.4) is 0 Å². The Labute approximate surface area is 168 Å². The number of thioether (sulfide) groups is 1. The topological polar surface area (TPSA) is 103 Å². The van der Waals surface area contributed by atoms with Gasteiger partial charge in [0.2, 0.25) is 11.8 Å². The van der Waals surface area contributed by atoms with Gasteiger partial charge in [-0.25, -0.2) is 0 Å². The third-order valence-electron chi connectivity index (χ3n) is 3.70. The van der Waals surface area contributed by atoms with E-state index >= 15 is 0 Å². The summed E-state index contributed by atoms with van der Waals surface area (Å²) in [7, 11) is 0. The number of nitrogens with one attached hydrogen (secondary N) is 1. The van der Waals surface area contributed by atoms with Crippen LogP contribution < -0.4 is 11.1 Å². The van der Waals surface area contributed by atoms with E-state index in [0.29, 0.717) is 40.6 Å². The lowest BCUT2D eigenvalue weighted by Crippen LogP contribution is -2.23. The summed E-state index contributed by atoms with van der Waals surface area (Å²) in [5, 5.41) is 12.2. The lowest BCUT2D eigenvalue weighted by Gasteiger charge is -2.15. The van der Waals surface area contributed by atoms with E-state index in [1.807, 2.05) is 11.5 Å². The average molecular weight is 410 g/mol. The number of primary amides is 1. The van der Waals surface area contributed by atoms with E-state index in [0.717, 1.165) is 0 Å². The minimum Gasteiger partial charge on any atom is -0.370 e. The Morgan fingerprint density at radius 2 is 1.89 bits per heavy atom. The Kier molecular flexibility index (Phi) is 7.67. The van der Waals surface area contributed by atoms with Gasteiger partial charge < -0.3 is 15.6 Å². The molecule has 1 atom stereocenters. The van der Waals surface area contributed by atoms with E-state index in [1.165, 1.54) is 11.8 Å². The van der Waals surface area contributed by atoms with Gasteiger partial charge in [0.05, 0.1) is 5.25 Å². The molecule has 2 rings (SSSR count). The summed E-state index contributed by atoms with van der Waals surface area (Å²) in [4.78, 5) is 23.5. The highest BCUT2D eigenvalue weighted by Crippen LogP contribution is 2.25. The van der Waals surface area contributed by atoms with Gasteiger partial charge in [-0.3, -0.25) is 9.59 Å². The number of halogens is 1. The first-order valence-corrected chi connectivity index (χ1v) is 9.95. The van der Waals surface area contributed by atoms with Crippen LogP contribution in [0.4, 0.5) is 5.69 Å². The maximum atomic E-state index is 12.5. The molecule has 1 heterocycles. The van der Waals surface area contributed by atoms with E-state index < -0.39 is 0 Å². The number of aromatic nitrogens is 3. The molecule has 2 aromatic rings. The van der Waals surface area contributed by atoms with Crippen molar-refractivity contribution in [3.8, 4) is 0 Å². The number of benzene rings is 1. The van der Waals surface area contributed by atoms with Gasteiger partial charge in [-0.15, -0.1) is 10.2 Å². The van der Waals surface area contributed by atoms with Gasteiger partial charge in [0, 0.05) is 30.1 Å². The third-order valence-corrected chi connectivity index (χ3v) is 5.03. The van der Waals surface area contributed by atoms with Gasteiger partial charge in [0.1, 0.15) is 5.82 Å². The molecule has 0 aliphatic heterocycles. The number of hydrogen-bond donors (Lipinski definition) is 2. The molecule has 0 radical (unpaired) electrons. The zero-order chi connectivity index (χ0) is 20.0. The quantitative estimate of drug-likeness (QED) is 0.619. The van der Waals surface area contributed by atoms with Gasteiger partial charge in [-0.1, -0.05) is 37.2 Å². The smallest absolute Gasteiger partial charge is 0.237 e. The van der Waals surface area contributed by atoms with Gasteiger partial charge >= 0.3 is 0 Å². The predicted octanol–water partition coefficient (Wildman–Crippen LogP) is 3.12. The van der Waals surface area contributed by atoms with Crippen LogP contribution in [0.15, 0.2) is 29.4 Å². The van der Waals surface area contributed by atoms with Crippen molar-refractivity contribution in [1.82, 2.24) is 14.8 Å². The number of carbonyl (C=O) groups is 2. The first kappa shape index (κ1) is 21.2. The van der Waals surface area contributed by atoms with E-state index in [4.69, 9.17) is 17.3 Å². The van der Waals surface area contributed by atoms with Crippen LogP contribution in [0.1, 0.15) is 33.0 Å². The molecule has 1 aromatic carbocycles. The summed E-state index contributed by atoms with van der Waals surface area (Å²) in [6, 6.07) is 6.94. The van der Waals surface area contributed by atoms with Crippen LogP contribution in [0.5, 0.6) is 0 Å². The van der Waals surface area contributed by atoms with Crippen molar-refractivity contribution in [1.29, 1.82) is 0 Å². The number of aryl methyl sites for hydroxylation is 1. The molecule has 27 heavy (non-hydrogen) atoms. The third kappa shape index (κ3) is 6.55. The SMILES string of the molecule is CC(C)Cn1c(CCC(N)=O)nnc1S[C@H](C)C(=O)Nc1ccc(Cl)cc1. The van der Waals surface area contributed by atoms with E-state index in [9.17, 15) is 9.59 Å². The highest BCUT2D eigenvalue weighted by Gasteiger charge is 2.21. The van der Waals surface area contributed by atoms with E-state index in [1.54, 1.807) is 24.3 Å². The lowest BCUT2D eigenvalue weighted by molar-refractivity contribution is -0.118. The molecule has 0 unspecified atom stereocenters. The van der Waals surface area contributed by atoms with Crippen molar-refractivity contribution in [3.63, 3.8) is 0 Å². The Morgan fingerprint density at radius 1 is 1.22 bits per heavy atom. The number of amides is 2. The summed E-state index contributed by atoms with van der Waals surface area (Å²) in [6.45, 7) is 6.69. The predicted molar refractivity (Wildman–Crippen MR) is 108 cm³/mol. The molecule has 0 bridgehead atoms. The number of carbonyl (C=O) groups excluding carboxylic acids is 2. The molecule has 0 aliphatic carbocycles. The number of nitrogens with zero attached hydrogens (tertiary/aromatic N) is 3. The maximum absolute atomic E-state index is 12.5. The standard InChI is InChI=1S/C18H24ClN5O2S/c1-11(2)10-24-16(9-8-15(20)25)22-23-18(24)27-12(3)17(26)21-14-6-4-13(19)5-7-14/h4-7,11-12H,8-10H2,1-3H3,(H2,20,25)(H,21,26)/t12-/m1/s1. The minimum atomic E-state index is -0.376. The Balaban J connectivity index is 2.08. The zero-order valence-corrected chi connectivity index (χ0v) is 17.2. The minimum absolute atomic E-state index is 0.139. The van der Waals surface area contributed by atoms with Gasteiger partial charge in [-0.05, 0) is 37.1 Å². The molecule has 3 N–H and O–H groups in total. The van der Waals surface area contributed by atoms with Crippen LogP contribution in [0, 0.1) is 5.92 Å². The highest BCUT2D eigenvalue weighted by molar-refractivity contribution is 8.00. The fourth-order valence-electron chi connectivity index (χ4n) is 2.36. The number of nitrogens with two attached hydrogens (primary N) is 1. The lowest BCUT2D eigenvalue weighted by atomic mass is 10.2. The summed E-state index contributed by atoms with van der Waals surface area (Å²) in [6.07, 6.45) is 0.647. The fraction of sp³-hybridized carbons (Fsp3) is 0.444. The maximum Gasteiger partial charge on any atom is 0.237 e. The van der Waals surface area contributed by atoms with Crippen molar-refractivity contribution in [3.05, 3.63) is 35.1 Å². The number of hydrogen-bond acceptors (Lipinski definition) is 5. The van der Waals surface area contributed by atoms with Crippen molar-refractivity contribution in [2.24, 2.45) is 11.7 Å². The summed E-state index contributed by atoms with van der Waals surface area (Å²) in [5.41, 5.74) is 5.92. The van der Waals surface area contributed by atoms with Gasteiger partial charge in [0.25, 0.3) is 0 Å². The second-order valence-electron chi connectivity index (χ2n) is 6.63. The normalized spacial score (nSPS) is 12.2. The first-order chi connectivity index (χ1) is 12.8. The van der Waals surface area contributed by atoms with Crippen molar-refractivity contribution in [2.75, 3.05) is 5.32 Å². The molecule has 0 spiro atoms. The van der Waals surface area contributed by atoms with Crippen molar-refractivity contribution < 1.29 is 9.59 Å². The highest BCUT2D eigenvalue weighted by atomic mass is 35.5. The summed E-state index contributed by atoms with van der Waals surface area (Å²) >= 11 is 7.19. The molecule has 9 heteroatoms. The summed E-state index contributed by atoms with van der Waals surface area (Å²) in [5.74, 6) is 0.556. The Hall–Kier alpha value is -2.06. The molecule has 0 saturated carbocycles. The average Bonchev–Trinajstić information content (AvgIpc) is 2.96. The molecular formula is C18H24ClN5O2S. The van der Waals surface area contributed by atoms with E-state index in [-0.39, 0.29) is 23.5 Å². The molecule has 2 amide bonds. The number of anilines is 1. The molecular weight excluding hydrogens is 386 g/mol. The van der Waals surface area contributed by atoms with Gasteiger partial charge in [-0.2, -0.15) is 0 Å². The summed E-state index contributed by atoms with van der Waals surface area (Å²) < 4.78 is 1.96. The van der Waals surface area contributed by atoms with Crippen molar-refractivity contribution in [2.45, 2.75) is 50.6 Å². The largest absolute Gasteiger partial charge is 0.370 e. The molecule has 0 aliphatic rings. The zero-order valence-electron chi connectivity index (χ0n) is 15.6. The van der Waals surface area contributed by atoms with Crippen LogP contribution >= 0.6 is 23.4 Å². The van der Waals surface area contributed by atoms with Gasteiger partial charge in [0.15, 0.2) is 5.16 Å². The number of rotatable bonds is 9. The monoisotopic (exact) mass is 409 g/mol.